The third-order valence-electron chi connectivity index (χ3n) is 3.48. The zero-order valence-electron chi connectivity index (χ0n) is 13.3. The van der Waals surface area contributed by atoms with Crippen LogP contribution in [0.3, 0.4) is 0 Å². The quantitative estimate of drug-likeness (QED) is 0.586. The normalized spacial score (nSPS) is 11.4. The maximum atomic E-state index is 12.0. The first-order chi connectivity index (χ1) is 12.0. The molecule has 0 bridgehead atoms. The van der Waals surface area contributed by atoms with E-state index in [2.05, 4.69) is 10.6 Å². The standard InChI is InChI=1S/C18H18N2O5/c21-11-15(10-12-4-2-1-3-5-12)20-17(23)16(22)19-14-8-6-13(7-9-14)18(24)25/h1-9,15,21H,10-11H2,(H,19,22)(H,20,23)(H,24,25)/t15-/m0/s1. The number of carboxylic acid groups (broad SMARTS) is 1. The minimum absolute atomic E-state index is 0.0747. The van der Waals surface area contributed by atoms with Gasteiger partial charge in [-0.05, 0) is 36.2 Å². The lowest BCUT2D eigenvalue weighted by Gasteiger charge is -2.16. The first-order valence-electron chi connectivity index (χ1n) is 7.59. The predicted octanol–water partition coefficient (Wildman–Crippen LogP) is 1.04. The highest BCUT2D eigenvalue weighted by Gasteiger charge is 2.18. The van der Waals surface area contributed by atoms with Crippen molar-refractivity contribution in [3.8, 4) is 0 Å². The predicted molar refractivity (Wildman–Crippen MR) is 91.2 cm³/mol. The van der Waals surface area contributed by atoms with Gasteiger partial charge in [0, 0.05) is 5.69 Å². The molecule has 4 N–H and O–H groups in total. The second-order valence-corrected chi connectivity index (χ2v) is 5.38. The van der Waals surface area contributed by atoms with Crippen molar-refractivity contribution >= 4 is 23.5 Å². The van der Waals surface area contributed by atoms with Crippen molar-refractivity contribution in [2.45, 2.75) is 12.5 Å². The molecule has 2 aromatic carbocycles. The molecule has 0 aliphatic heterocycles. The number of anilines is 1. The van der Waals surface area contributed by atoms with Gasteiger partial charge in [-0.3, -0.25) is 9.59 Å². The summed E-state index contributed by atoms with van der Waals surface area (Å²) in [5.74, 6) is -2.85. The maximum absolute atomic E-state index is 12.0. The molecule has 0 fully saturated rings. The van der Waals surface area contributed by atoms with Gasteiger partial charge in [-0.25, -0.2) is 4.79 Å². The van der Waals surface area contributed by atoms with E-state index >= 15 is 0 Å². The molecular weight excluding hydrogens is 324 g/mol. The Bertz CT molecular complexity index is 744. The zero-order chi connectivity index (χ0) is 18.2. The monoisotopic (exact) mass is 342 g/mol. The Hall–Kier alpha value is -3.19. The molecule has 2 amide bonds. The van der Waals surface area contributed by atoms with Gasteiger partial charge in [-0.2, -0.15) is 0 Å². The van der Waals surface area contributed by atoms with Gasteiger partial charge >= 0.3 is 17.8 Å². The molecule has 7 heteroatoms. The Morgan fingerprint density at radius 1 is 0.920 bits per heavy atom. The SMILES string of the molecule is O=C(Nc1ccc(C(=O)O)cc1)C(=O)N[C@H](CO)Cc1ccccc1. The first-order valence-corrected chi connectivity index (χ1v) is 7.59. The Morgan fingerprint density at radius 2 is 1.56 bits per heavy atom. The van der Waals surface area contributed by atoms with Crippen LogP contribution in [0.2, 0.25) is 0 Å². The number of hydrogen-bond acceptors (Lipinski definition) is 4. The molecule has 1 atom stereocenters. The number of hydrogen-bond donors (Lipinski definition) is 4. The van der Waals surface area contributed by atoms with Gasteiger partial charge in [0.1, 0.15) is 0 Å². The van der Waals surface area contributed by atoms with Crippen molar-refractivity contribution in [1.82, 2.24) is 5.32 Å². The van der Waals surface area contributed by atoms with E-state index < -0.39 is 23.8 Å². The van der Waals surface area contributed by atoms with Crippen molar-refractivity contribution in [2.24, 2.45) is 0 Å². The van der Waals surface area contributed by atoms with Crippen molar-refractivity contribution in [1.29, 1.82) is 0 Å². The second kappa shape index (κ2) is 8.60. The summed E-state index contributed by atoms with van der Waals surface area (Å²) in [5, 5.41) is 23.1. The minimum Gasteiger partial charge on any atom is -0.478 e. The second-order valence-electron chi connectivity index (χ2n) is 5.38. The summed E-state index contributed by atoms with van der Waals surface area (Å²) in [5.41, 5.74) is 1.30. The Labute approximate surface area is 144 Å². The number of carbonyl (C=O) groups excluding carboxylic acids is 2. The number of rotatable bonds is 6. The van der Waals surface area contributed by atoms with Gasteiger partial charge in [0.15, 0.2) is 0 Å². The molecule has 0 radical (unpaired) electrons. The lowest BCUT2D eigenvalue weighted by Crippen LogP contribution is -2.44. The molecule has 7 nitrogen and oxygen atoms in total. The molecule has 0 aromatic heterocycles. The van der Waals surface area contributed by atoms with Crippen molar-refractivity contribution in [2.75, 3.05) is 11.9 Å². The van der Waals surface area contributed by atoms with E-state index in [1.165, 1.54) is 24.3 Å². The fraction of sp³-hybridized carbons (Fsp3) is 0.167. The molecule has 2 aromatic rings. The fourth-order valence-electron chi connectivity index (χ4n) is 2.19. The Balaban J connectivity index is 1.92. The molecular formula is C18H18N2O5. The van der Waals surface area contributed by atoms with Crippen LogP contribution in [-0.2, 0) is 16.0 Å². The van der Waals surface area contributed by atoms with E-state index in [-0.39, 0.29) is 12.2 Å². The number of nitrogens with one attached hydrogen (secondary N) is 2. The number of aliphatic hydroxyl groups excluding tert-OH is 1. The molecule has 0 saturated carbocycles. The van der Waals surface area contributed by atoms with Crippen LogP contribution in [0.15, 0.2) is 54.6 Å². The Morgan fingerprint density at radius 3 is 2.12 bits per heavy atom. The smallest absolute Gasteiger partial charge is 0.335 e. The van der Waals surface area contributed by atoms with Crippen LogP contribution in [-0.4, -0.2) is 40.6 Å². The van der Waals surface area contributed by atoms with E-state index in [9.17, 15) is 19.5 Å². The maximum Gasteiger partial charge on any atom is 0.335 e. The topological polar surface area (TPSA) is 116 Å². The third-order valence-corrected chi connectivity index (χ3v) is 3.48. The summed E-state index contributed by atoms with van der Waals surface area (Å²) in [7, 11) is 0. The average Bonchev–Trinajstić information content (AvgIpc) is 2.62. The van der Waals surface area contributed by atoms with Gasteiger partial charge in [-0.1, -0.05) is 30.3 Å². The minimum atomic E-state index is -1.08. The van der Waals surface area contributed by atoms with Crippen molar-refractivity contribution in [3.05, 3.63) is 65.7 Å². The summed E-state index contributed by atoms with van der Waals surface area (Å²) in [6, 6.07) is 14.1. The highest BCUT2D eigenvalue weighted by Crippen LogP contribution is 2.09. The Kier molecular flexibility index (Phi) is 6.25. The molecule has 0 aliphatic carbocycles. The number of aliphatic hydroxyl groups is 1. The van der Waals surface area contributed by atoms with Gasteiger partial charge in [0.2, 0.25) is 0 Å². The first kappa shape index (κ1) is 18.2. The summed E-state index contributed by atoms with van der Waals surface area (Å²) in [4.78, 5) is 34.6. The number of benzene rings is 2. The molecule has 0 unspecified atom stereocenters. The molecule has 2 rings (SSSR count). The molecule has 0 saturated heterocycles. The number of amides is 2. The molecule has 130 valence electrons. The summed E-state index contributed by atoms with van der Waals surface area (Å²) < 4.78 is 0. The average molecular weight is 342 g/mol. The van der Waals surface area contributed by atoms with E-state index in [1.807, 2.05) is 30.3 Å². The van der Waals surface area contributed by atoms with Crippen LogP contribution in [0, 0.1) is 0 Å². The van der Waals surface area contributed by atoms with E-state index in [0.29, 0.717) is 12.1 Å². The highest BCUT2D eigenvalue weighted by molar-refractivity contribution is 6.39. The van der Waals surface area contributed by atoms with E-state index in [1.54, 1.807) is 0 Å². The third kappa shape index (κ3) is 5.43. The van der Waals surface area contributed by atoms with Crippen molar-refractivity contribution in [3.63, 3.8) is 0 Å². The zero-order valence-corrected chi connectivity index (χ0v) is 13.3. The molecule has 25 heavy (non-hydrogen) atoms. The van der Waals surface area contributed by atoms with Crippen LogP contribution in [0.25, 0.3) is 0 Å². The van der Waals surface area contributed by atoms with Gasteiger partial charge in [0.05, 0.1) is 18.2 Å². The molecule has 0 aliphatic rings. The number of carbonyl (C=O) groups is 3. The lowest BCUT2D eigenvalue weighted by molar-refractivity contribution is -0.136. The summed E-state index contributed by atoms with van der Waals surface area (Å²) in [6.07, 6.45) is 0.393. The van der Waals surface area contributed by atoms with Crippen molar-refractivity contribution < 1.29 is 24.6 Å². The van der Waals surface area contributed by atoms with E-state index in [0.717, 1.165) is 5.56 Å². The van der Waals surface area contributed by atoms with Crippen LogP contribution in [0.1, 0.15) is 15.9 Å². The van der Waals surface area contributed by atoms with Gasteiger partial charge in [0.25, 0.3) is 0 Å². The van der Waals surface area contributed by atoms with Crippen LogP contribution < -0.4 is 10.6 Å². The lowest BCUT2D eigenvalue weighted by atomic mass is 10.1. The van der Waals surface area contributed by atoms with Crippen LogP contribution >= 0.6 is 0 Å². The van der Waals surface area contributed by atoms with Crippen LogP contribution in [0.5, 0.6) is 0 Å². The largest absolute Gasteiger partial charge is 0.478 e. The summed E-state index contributed by atoms with van der Waals surface area (Å²) >= 11 is 0. The highest BCUT2D eigenvalue weighted by atomic mass is 16.4. The fourth-order valence-corrected chi connectivity index (χ4v) is 2.19. The number of aromatic carboxylic acids is 1. The summed E-state index contributed by atoms with van der Waals surface area (Å²) in [6.45, 7) is -0.304. The van der Waals surface area contributed by atoms with Crippen LogP contribution in [0.4, 0.5) is 5.69 Å². The molecule has 0 spiro atoms. The van der Waals surface area contributed by atoms with E-state index in [4.69, 9.17) is 5.11 Å². The molecule has 0 heterocycles. The van der Waals surface area contributed by atoms with Gasteiger partial charge in [-0.15, -0.1) is 0 Å². The number of carboxylic acids is 1. The van der Waals surface area contributed by atoms with Gasteiger partial charge < -0.3 is 20.8 Å².